The number of nitrogens with one attached hydrogen (secondary N) is 2. The molecule has 0 bridgehead atoms. The van der Waals surface area contributed by atoms with Gasteiger partial charge in [0, 0.05) is 6.42 Å². The van der Waals surface area contributed by atoms with Gasteiger partial charge in [0.15, 0.2) is 40.9 Å². The predicted molar refractivity (Wildman–Crippen MR) is 211 cm³/mol. The minimum Gasteiger partial charge on any atom is -0.455 e. The van der Waals surface area contributed by atoms with E-state index in [1.54, 1.807) is 0 Å². The Morgan fingerprint density at radius 2 is 1.33 bits per heavy atom. The van der Waals surface area contributed by atoms with Crippen LogP contribution in [0.4, 0.5) is 11.9 Å². The van der Waals surface area contributed by atoms with Crippen LogP contribution >= 0.6 is 15.6 Å². The van der Waals surface area contributed by atoms with Crippen molar-refractivity contribution in [2.45, 2.75) is 133 Å². The highest BCUT2D eigenvalue weighted by atomic mass is 31.2. The highest BCUT2D eigenvalue weighted by Crippen LogP contribution is 2.55. The molecular formula is C34H50N10O15P2. The lowest BCUT2D eigenvalue weighted by molar-refractivity contribution is -0.204. The van der Waals surface area contributed by atoms with Gasteiger partial charge in [0.05, 0.1) is 25.9 Å². The summed E-state index contributed by atoms with van der Waals surface area (Å²) in [7, 11) is -10.6. The molecule has 3 aliphatic rings. The van der Waals surface area contributed by atoms with Crippen LogP contribution in [0.15, 0.2) is 22.2 Å². The maximum absolute atomic E-state index is 13.9. The van der Waals surface area contributed by atoms with E-state index >= 15 is 0 Å². The molecule has 0 aromatic carbocycles. The van der Waals surface area contributed by atoms with Gasteiger partial charge in [-0.2, -0.15) is 9.97 Å². The molecule has 7 rings (SSSR count). The number of aromatic amines is 2. The van der Waals surface area contributed by atoms with Crippen LogP contribution in [0.5, 0.6) is 0 Å². The van der Waals surface area contributed by atoms with Gasteiger partial charge in [-0.25, -0.2) is 19.1 Å². The summed E-state index contributed by atoms with van der Waals surface area (Å²) < 4.78 is 69.3. The van der Waals surface area contributed by atoms with Crippen molar-refractivity contribution < 1.29 is 61.1 Å². The summed E-state index contributed by atoms with van der Waals surface area (Å²) in [5.41, 5.74) is 9.53. The zero-order chi connectivity index (χ0) is 43.5. The molecule has 10 atom stereocenters. The van der Waals surface area contributed by atoms with Crippen LogP contribution in [0.1, 0.15) is 96.4 Å². The molecule has 3 aliphatic heterocycles. The van der Waals surface area contributed by atoms with Crippen molar-refractivity contribution in [2.75, 3.05) is 24.7 Å². The van der Waals surface area contributed by atoms with E-state index < -0.39 is 95.0 Å². The molecule has 3 fully saturated rings. The zero-order valence-electron chi connectivity index (χ0n) is 33.1. The SMILES string of the molecule is CCCCCCCCCCCCCC(=O)OC1C2OP(=O)(O)OC3CO[C@@H](n4cnc5c(=O)[nH]c(N)nc54)C(O)C3OP(=O)(O)OC[C@H]2O[C@H]1n1cnc2c(=O)[nH]c(N)nc21. The minimum atomic E-state index is -5.36. The monoisotopic (exact) mass is 900 g/mol. The molecule has 27 heteroatoms. The summed E-state index contributed by atoms with van der Waals surface area (Å²) in [5, 5.41) is 11.5. The maximum Gasteiger partial charge on any atom is 0.473 e. The number of imidazole rings is 2. The topological polar surface area (TPSA) is 356 Å². The van der Waals surface area contributed by atoms with Crippen LogP contribution in [-0.4, -0.2) is 110 Å². The largest absolute Gasteiger partial charge is 0.473 e. The van der Waals surface area contributed by atoms with Crippen LogP contribution in [0.25, 0.3) is 22.3 Å². The molecule has 0 aliphatic carbocycles. The maximum atomic E-state index is 13.9. The number of esters is 1. The summed E-state index contributed by atoms with van der Waals surface area (Å²) in [6.07, 6.45) is 0.135. The number of rotatable bonds is 15. The molecule has 0 amide bonds. The summed E-state index contributed by atoms with van der Waals surface area (Å²) in [6, 6.07) is 0. The summed E-state index contributed by atoms with van der Waals surface area (Å²) in [5.74, 6) is -1.30. The molecule has 61 heavy (non-hydrogen) atoms. The van der Waals surface area contributed by atoms with Gasteiger partial charge in [-0.05, 0) is 6.42 Å². The lowest BCUT2D eigenvalue weighted by Gasteiger charge is -2.40. The van der Waals surface area contributed by atoms with Crippen molar-refractivity contribution in [1.82, 2.24) is 39.0 Å². The number of anilines is 2. The van der Waals surface area contributed by atoms with Gasteiger partial charge in [0.25, 0.3) is 11.1 Å². The van der Waals surface area contributed by atoms with E-state index in [0.717, 1.165) is 49.3 Å². The number of nitrogens with zero attached hydrogens (tertiary/aromatic N) is 6. The second-order valence-corrected chi connectivity index (χ2v) is 17.9. The number of ether oxygens (including phenoxy) is 3. The number of phosphoric ester groups is 2. The zero-order valence-corrected chi connectivity index (χ0v) is 34.9. The Bertz CT molecular complexity index is 2390. The highest BCUT2D eigenvalue weighted by molar-refractivity contribution is 7.47. The lowest BCUT2D eigenvalue weighted by atomic mass is 10.0. The Morgan fingerprint density at radius 1 is 0.787 bits per heavy atom. The first-order chi connectivity index (χ1) is 29.1. The summed E-state index contributed by atoms with van der Waals surface area (Å²) in [4.78, 5) is 81.6. The smallest absolute Gasteiger partial charge is 0.455 e. The van der Waals surface area contributed by atoms with Crippen LogP contribution in [0.3, 0.4) is 0 Å². The van der Waals surface area contributed by atoms with E-state index in [1.807, 2.05) is 0 Å². The van der Waals surface area contributed by atoms with Crippen molar-refractivity contribution in [3.63, 3.8) is 0 Å². The molecule has 0 saturated carbocycles. The number of unbranched alkanes of at least 4 members (excludes halogenated alkanes) is 10. The van der Waals surface area contributed by atoms with E-state index in [4.69, 9.17) is 43.8 Å². The van der Waals surface area contributed by atoms with Gasteiger partial charge in [-0.15, -0.1) is 0 Å². The third kappa shape index (κ3) is 10.4. The number of carbonyl (C=O) groups excluding carboxylic acids is 1. The first-order valence-corrected chi connectivity index (χ1v) is 23.1. The predicted octanol–water partition coefficient (Wildman–Crippen LogP) is 2.20. The molecule has 0 radical (unpaired) electrons. The molecule has 4 aromatic heterocycles. The summed E-state index contributed by atoms with van der Waals surface area (Å²) >= 11 is 0. The molecule has 0 spiro atoms. The summed E-state index contributed by atoms with van der Waals surface area (Å²) in [6.45, 7) is 0.630. The van der Waals surface area contributed by atoms with Gasteiger partial charge in [-0.3, -0.25) is 51.6 Å². The highest BCUT2D eigenvalue weighted by Gasteiger charge is 2.56. The van der Waals surface area contributed by atoms with E-state index in [9.17, 15) is 38.4 Å². The Kier molecular flexibility index (Phi) is 14.1. The fraction of sp³-hybridized carbons (Fsp3) is 0.676. The second kappa shape index (κ2) is 19.1. The third-order valence-electron chi connectivity index (χ3n) is 10.6. The third-order valence-corrected chi connectivity index (χ3v) is 12.6. The number of nitrogens with two attached hydrogens (primary N) is 2. The van der Waals surface area contributed by atoms with Gasteiger partial charge in [-0.1, -0.05) is 71.1 Å². The average Bonchev–Trinajstić information content (AvgIpc) is 3.90. The van der Waals surface area contributed by atoms with Crippen molar-refractivity contribution in [3.8, 4) is 0 Å². The number of carbonyl (C=O) groups is 1. The number of H-pyrrole nitrogens is 2. The van der Waals surface area contributed by atoms with Gasteiger partial charge < -0.3 is 40.6 Å². The molecule has 336 valence electrons. The van der Waals surface area contributed by atoms with Crippen LogP contribution in [-0.2, 0) is 46.2 Å². The number of aromatic nitrogens is 8. The van der Waals surface area contributed by atoms with Crippen molar-refractivity contribution >= 4 is 55.8 Å². The number of phosphoric acid groups is 2. The fourth-order valence-electron chi connectivity index (χ4n) is 7.66. The van der Waals surface area contributed by atoms with Crippen molar-refractivity contribution in [1.29, 1.82) is 0 Å². The second-order valence-electron chi connectivity index (χ2n) is 15.1. The molecule has 7 heterocycles. The van der Waals surface area contributed by atoms with E-state index in [2.05, 4.69) is 36.8 Å². The van der Waals surface area contributed by atoms with Crippen LogP contribution in [0, 0.1) is 0 Å². The standard InChI is InChI=1S/C34H50N10O15P2/c1-2-3-4-5-6-7-8-9-10-11-12-13-20(45)56-26-25-18(55-32(26)44-17-38-22-28(44)40-34(36)42-30(22)48)15-54-60(49,50)58-24-19(57-61(51,52)59-25)14-53-31(23(24)46)43-16-37-21-27(43)39-33(35)41-29(21)47/h16-19,23-26,31-32,46H,2-15H2,1H3,(H,49,50)(H,51,52)(H3,35,39,41,47)(H3,36,40,42,48)/t18-,19?,23?,24?,25?,26?,31-,32-/m1/s1. The number of fused-ring (bicyclic) bond motifs is 4. The lowest BCUT2D eigenvalue weighted by Crippen LogP contribution is -2.52. The molecule has 9 N–H and O–H groups in total. The number of hydrogen-bond donors (Lipinski definition) is 7. The van der Waals surface area contributed by atoms with Gasteiger partial charge in [0.2, 0.25) is 11.9 Å². The number of nitrogen functional groups attached to an aromatic ring is 2. The first kappa shape index (κ1) is 44.9. The van der Waals surface area contributed by atoms with E-state index in [-0.39, 0.29) is 40.6 Å². The van der Waals surface area contributed by atoms with Gasteiger partial charge >= 0.3 is 21.6 Å². The Morgan fingerprint density at radius 3 is 1.92 bits per heavy atom. The van der Waals surface area contributed by atoms with Crippen LogP contribution < -0.4 is 22.6 Å². The minimum absolute atomic E-state index is 0.0422. The fourth-order valence-corrected chi connectivity index (χ4v) is 9.76. The van der Waals surface area contributed by atoms with Gasteiger partial charge in [0.1, 0.15) is 30.5 Å². The Balaban J connectivity index is 1.10. The van der Waals surface area contributed by atoms with Crippen LogP contribution in [0.2, 0.25) is 0 Å². The molecule has 3 saturated heterocycles. The molecule has 25 nitrogen and oxygen atoms in total. The first-order valence-electron chi connectivity index (χ1n) is 20.1. The normalized spacial score (nSPS) is 30.8. The molecule has 7 unspecified atom stereocenters. The molecule has 4 aromatic rings. The Labute approximate surface area is 346 Å². The van der Waals surface area contributed by atoms with E-state index in [0.29, 0.717) is 6.42 Å². The molecular weight excluding hydrogens is 850 g/mol. The quantitative estimate of drug-likeness (QED) is 0.0511. The Hall–Kier alpha value is -4.13. The number of aliphatic hydroxyl groups is 1. The van der Waals surface area contributed by atoms with E-state index in [1.165, 1.54) is 36.7 Å². The van der Waals surface area contributed by atoms with Crippen molar-refractivity contribution in [3.05, 3.63) is 33.4 Å². The average molecular weight is 901 g/mol. The number of hydrogen-bond acceptors (Lipinski definition) is 19. The number of aliphatic hydroxyl groups excluding tert-OH is 1. The van der Waals surface area contributed by atoms with Crippen molar-refractivity contribution in [2.24, 2.45) is 0 Å².